The molecule has 3 N–H and O–H groups in total. The Morgan fingerprint density at radius 3 is 2.81 bits per heavy atom. The quantitative estimate of drug-likeness (QED) is 0.748. The SMILES string of the molecule is O=c1cnc(C(O)CN2CC3CC(O)CC3C2Cc2ccccc2)c[nH]1. The van der Waals surface area contributed by atoms with E-state index in [0.29, 0.717) is 30.1 Å². The van der Waals surface area contributed by atoms with Gasteiger partial charge in [0.1, 0.15) is 6.10 Å². The topological polar surface area (TPSA) is 89.4 Å². The van der Waals surface area contributed by atoms with E-state index in [1.54, 1.807) is 0 Å². The van der Waals surface area contributed by atoms with E-state index in [4.69, 9.17) is 0 Å². The van der Waals surface area contributed by atoms with Crippen LogP contribution in [0.15, 0.2) is 47.5 Å². The highest BCUT2D eigenvalue weighted by molar-refractivity contribution is 5.18. The first-order valence-corrected chi connectivity index (χ1v) is 9.29. The highest BCUT2D eigenvalue weighted by Gasteiger charge is 2.47. The van der Waals surface area contributed by atoms with Gasteiger partial charge >= 0.3 is 0 Å². The average Bonchev–Trinajstić information content (AvgIpc) is 3.13. The minimum absolute atomic E-state index is 0.198. The van der Waals surface area contributed by atoms with Crippen LogP contribution in [0.5, 0.6) is 0 Å². The number of fused-ring (bicyclic) bond motifs is 1. The Bertz CT molecular complexity index is 774. The van der Waals surface area contributed by atoms with Crippen LogP contribution in [0.25, 0.3) is 0 Å². The van der Waals surface area contributed by atoms with E-state index in [1.165, 1.54) is 18.0 Å². The zero-order valence-corrected chi connectivity index (χ0v) is 14.7. The first-order chi connectivity index (χ1) is 12.6. The summed E-state index contributed by atoms with van der Waals surface area (Å²) >= 11 is 0. The Hall–Kier alpha value is -2.02. The van der Waals surface area contributed by atoms with Crippen molar-refractivity contribution in [2.45, 2.75) is 37.5 Å². The monoisotopic (exact) mass is 355 g/mol. The normalized spacial score (nSPS) is 29.6. The number of hydrogen-bond acceptors (Lipinski definition) is 5. The number of aliphatic hydroxyl groups is 2. The summed E-state index contributed by atoms with van der Waals surface area (Å²) in [4.78, 5) is 20.1. The van der Waals surface area contributed by atoms with Gasteiger partial charge in [0.2, 0.25) is 0 Å². The molecule has 2 aliphatic rings. The van der Waals surface area contributed by atoms with E-state index >= 15 is 0 Å². The van der Waals surface area contributed by atoms with Gasteiger partial charge in [0.25, 0.3) is 5.56 Å². The number of β-amino-alcohol motifs (C(OH)–C–C–N with tert-alkyl or cyclic N) is 1. The van der Waals surface area contributed by atoms with Crippen LogP contribution >= 0.6 is 0 Å². The molecule has 0 amide bonds. The van der Waals surface area contributed by atoms with Gasteiger partial charge in [-0.2, -0.15) is 0 Å². The van der Waals surface area contributed by atoms with Crippen molar-refractivity contribution in [3.05, 3.63) is 64.3 Å². The molecule has 4 rings (SSSR count). The van der Waals surface area contributed by atoms with Gasteiger partial charge in [-0.3, -0.25) is 14.7 Å². The Morgan fingerprint density at radius 1 is 1.27 bits per heavy atom. The highest BCUT2D eigenvalue weighted by atomic mass is 16.3. The van der Waals surface area contributed by atoms with E-state index in [2.05, 4.69) is 39.1 Å². The molecule has 2 heterocycles. The number of hydrogen-bond donors (Lipinski definition) is 3. The molecule has 1 aromatic carbocycles. The Labute approximate surface area is 152 Å². The second kappa shape index (κ2) is 7.31. The maximum absolute atomic E-state index is 11.2. The van der Waals surface area contributed by atoms with Gasteiger partial charge in [0.05, 0.1) is 18.0 Å². The smallest absolute Gasteiger partial charge is 0.266 e. The van der Waals surface area contributed by atoms with E-state index in [1.807, 2.05) is 6.07 Å². The van der Waals surface area contributed by atoms with Gasteiger partial charge in [0, 0.05) is 25.3 Å². The van der Waals surface area contributed by atoms with Crippen molar-refractivity contribution in [1.29, 1.82) is 0 Å². The highest BCUT2D eigenvalue weighted by Crippen LogP contribution is 2.43. The summed E-state index contributed by atoms with van der Waals surface area (Å²) in [6.07, 6.45) is 4.35. The molecule has 0 radical (unpaired) electrons. The summed E-state index contributed by atoms with van der Waals surface area (Å²) in [6, 6.07) is 10.7. The summed E-state index contributed by atoms with van der Waals surface area (Å²) in [7, 11) is 0. The number of aromatic amines is 1. The van der Waals surface area contributed by atoms with E-state index in [0.717, 1.165) is 25.8 Å². The molecule has 6 nitrogen and oxygen atoms in total. The van der Waals surface area contributed by atoms with Crippen LogP contribution < -0.4 is 5.56 Å². The van der Waals surface area contributed by atoms with Crippen molar-refractivity contribution in [1.82, 2.24) is 14.9 Å². The van der Waals surface area contributed by atoms with E-state index in [-0.39, 0.29) is 11.7 Å². The van der Waals surface area contributed by atoms with Crippen molar-refractivity contribution in [3.63, 3.8) is 0 Å². The molecular weight excluding hydrogens is 330 g/mol. The summed E-state index contributed by atoms with van der Waals surface area (Å²) in [5.74, 6) is 0.940. The zero-order chi connectivity index (χ0) is 18.1. The molecule has 1 aromatic heterocycles. The number of nitrogens with zero attached hydrogens (tertiary/aromatic N) is 2. The lowest BCUT2D eigenvalue weighted by atomic mass is 9.90. The molecule has 138 valence electrons. The van der Waals surface area contributed by atoms with Gasteiger partial charge < -0.3 is 15.2 Å². The lowest BCUT2D eigenvalue weighted by molar-refractivity contribution is 0.0854. The number of likely N-dealkylation sites (tertiary alicyclic amines) is 1. The maximum atomic E-state index is 11.2. The minimum Gasteiger partial charge on any atom is -0.393 e. The molecule has 26 heavy (non-hydrogen) atoms. The van der Waals surface area contributed by atoms with Crippen LogP contribution in [0, 0.1) is 11.8 Å². The largest absolute Gasteiger partial charge is 0.393 e. The molecule has 2 fully saturated rings. The van der Waals surface area contributed by atoms with Crippen molar-refractivity contribution in [3.8, 4) is 0 Å². The molecular formula is C20H25N3O3. The van der Waals surface area contributed by atoms with Crippen molar-refractivity contribution in [2.75, 3.05) is 13.1 Å². The lowest BCUT2D eigenvalue weighted by Crippen LogP contribution is -2.38. The van der Waals surface area contributed by atoms with Crippen LogP contribution in [0.2, 0.25) is 0 Å². The van der Waals surface area contributed by atoms with E-state index < -0.39 is 6.10 Å². The Balaban J connectivity index is 1.51. The predicted octanol–water partition coefficient (Wildman–Crippen LogP) is 1.12. The first-order valence-electron chi connectivity index (χ1n) is 9.29. The number of H-pyrrole nitrogens is 1. The summed E-state index contributed by atoms with van der Waals surface area (Å²) in [6.45, 7) is 1.37. The molecule has 6 heteroatoms. The van der Waals surface area contributed by atoms with Crippen molar-refractivity contribution >= 4 is 0 Å². The van der Waals surface area contributed by atoms with Gasteiger partial charge in [-0.15, -0.1) is 0 Å². The van der Waals surface area contributed by atoms with Crippen LogP contribution in [0.1, 0.15) is 30.2 Å². The van der Waals surface area contributed by atoms with Crippen molar-refractivity contribution in [2.24, 2.45) is 11.8 Å². The van der Waals surface area contributed by atoms with Crippen LogP contribution in [-0.2, 0) is 6.42 Å². The molecule has 1 saturated carbocycles. The average molecular weight is 355 g/mol. The molecule has 0 spiro atoms. The molecule has 5 unspecified atom stereocenters. The third-order valence-electron chi connectivity index (χ3n) is 5.89. The maximum Gasteiger partial charge on any atom is 0.266 e. The molecule has 0 bridgehead atoms. The van der Waals surface area contributed by atoms with Crippen molar-refractivity contribution < 1.29 is 10.2 Å². The summed E-state index contributed by atoms with van der Waals surface area (Å²) < 4.78 is 0. The molecule has 1 saturated heterocycles. The summed E-state index contributed by atoms with van der Waals surface area (Å²) in [5, 5.41) is 20.7. The molecule has 1 aliphatic carbocycles. The fraction of sp³-hybridized carbons (Fsp3) is 0.500. The number of aliphatic hydroxyl groups excluding tert-OH is 2. The number of rotatable bonds is 5. The van der Waals surface area contributed by atoms with Crippen LogP contribution in [-0.4, -0.2) is 50.3 Å². The third kappa shape index (κ3) is 3.58. The minimum atomic E-state index is -0.742. The van der Waals surface area contributed by atoms with Gasteiger partial charge in [0.15, 0.2) is 0 Å². The lowest BCUT2D eigenvalue weighted by Gasteiger charge is -2.30. The van der Waals surface area contributed by atoms with Crippen LogP contribution in [0.3, 0.4) is 0 Å². The second-order valence-corrected chi connectivity index (χ2v) is 7.61. The number of aromatic nitrogens is 2. The molecule has 2 aromatic rings. The summed E-state index contributed by atoms with van der Waals surface area (Å²) in [5.41, 5.74) is 1.49. The standard InChI is InChI=1S/C20H25N3O3/c24-15-7-14-11-23(12-19(25)17-9-22-20(26)10-21-17)18(16(14)8-15)6-13-4-2-1-3-5-13/h1-5,9-10,14-16,18-19,24-25H,6-8,11-12H2,(H,22,26). The Morgan fingerprint density at radius 2 is 2.08 bits per heavy atom. The third-order valence-corrected chi connectivity index (χ3v) is 5.89. The van der Waals surface area contributed by atoms with Gasteiger partial charge in [-0.25, -0.2) is 0 Å². The molecule has 1 aliphatic heterocycles. The zero-order valence-electron chi connectivity index (χ0n) is 14.7. The number of nitrogens with one attached hydrogen (secondary N) is 1. The number of benzene rings is 1. The van der Waals surface area contributed by atoms with E-state index in [9.17, 15) is 15.0 Å². The molecule has 5 atom stereocenters. The first kappa shape index (κ1) is 17.4. The Kier molecular flexibility index (Phi) is 4.89. The second-order valence-electron chi connectivity index (χ2n) is 7.61. The van der Waals surface area contributed by atoms with Crippen LogP contribution in [0.4, 0.5) is 0 Å². The van der Waals surface area contributed by atoms with Gasteiger partial charge in [-0.1, -0.05) is 30.3 Å². The fourth-order valence-electron chi connectivity index (χ4n) is 4.71. The van der Waals surface area contributed by atoms with Gasteiger partial charge in [-0.05, 0) is 36.7 Å². The predicted molar refractivity (Wildman–Crippen MR) is 97.5 cm³/mol. The fourth-order valence-corrected chi connectivity index (χ4v) is 4.71.